The van der Waals surface area contributed by atoms with E-state index in [0.29, 0.717) is 18.1 Å². The largest absolute Gasteiger partial charge is 0.490 e. The maximum absolute atomic E-state index is 13.2. The monoisotopic (exact) mass is 468 g/mol. The van der Waals surface area contributed by atoms with Gasteiger partial charge in [-0.1, -0.05) is 42.5 Å². The number of nitrogen functional groups attached to an aromatic ring is 1. The molecule has 0 aliphatic heterocycles. The Labute approximate surface area is 196 Å². The first-order chi connectivity index (χ1) is 16.5. The number of rotatable bonds is 11. The number of carbonyl (C=O) groups is 1. The number of methoxy groups -OCH3 is 1. The van der Waals surface area contributed by atoms with Crippen molar-refractivity contribution in [1.82, 2.24) is 9.55 Å². The van der Waals surface area contributed by atoms with Gasteiger partial charge in [0.1, 0.15) is 5.82 Å². The molecule has 0 aliphatic carbocycles. The Hall–Kier alpha value is -4.05. The molecule has 0 atom stereocenters. The van der Waals surface area contributed by atoms with Gasteiger partial charge in [-0.15, -0.1) is 0 Å². The Morgan fingerprint density at radius 1 is 1.03 bits per heavy atom. The van der Waals surface area contributed by atoms with Gasteiger partial charge in [0.15, 0.2) is 23.8 Å². The minimum Gasteiger partial charge on any atom is -0.490 e. The van der Waals surface area contributed by atoms with E-state index in [1.807, 2.05) is 37.3 Å². The van der Waals surface area contributed by atoms with Crippen LogP contribution < -0.4 is 31.4 Å². The molecule has 180 valence electrons. The summed E-state index contributed by atoms with van der Waals surface area (Å²) < 4.78 is 17.5. The van der Waals surface area contributed by atoms with Gasteiger partial charge in [0.25, 0.3) is 11.5 Å². The summed E-state index contributed by atoms with van der Waals surface area (Å²) in [5.74, 6) is 0.220. The molecule has 3 aromatic rings. The number of H-pyrrole nitrogens is 1. The lowest BCUT2D eigenvalue weighted by atomic mass is 10.2. The SMILES string of the molecule is CCOc1ccccc1OCC(=O)N(CCOC)c1c(N)n(Cc2ccccc2)c(=O)[nH]c1=O. The number of anilines is 2. The van der Waals surface area contributed by atoms with Crippen LogP contribution in [0.5, 0.6) is 11.5 Å². The molecule has 0 saturated carbocycles. The molecule has 0 bridgehead atoms. The van der Waals surface area contributed by atoms with Crippen molar-refractivity contribution in [2.45, 2.75) is 13.5 Å². The summed E-state index contributed by atoms with van der Waals surface area (Å²) >= 11 is 0. The summed E-state index contributed by atoms with van der Waals surface area (Å²) in [5.41, 5.74) is 5.49. The first-order valence-corrected chi connectivity index (χ1v) is 10.8. The molecule has 0 spiro atoms. The molecule has 34 heavy (non-hydrogen) atoms. The number of aromatic amines is 1. The van der Waals surface area contributed by atoms with Gasteiger partial charge in [-0.25, -0.2) is 4.79 Å². The Morgan fingerprint density at radius 3 is 2.32 bits per heavy atom. The second-order valence-corrected chi connectivity index (χ2v) is 7.27. The fourth-order valence-electron chi connectivity index (χ4n) is 3.37. The normalized spacial score (nSPS) is 10.6. The summed E-state index contributed by atoms with van der Waals surface area (Å²) in [7, 11) is 1.47. The number of nitrogens with one attached hydrogen (secondary N) is 1. The molecule has 3 N–H and O–H groups in total. The predicted molar refractivity (Wildman–Crippen MR) is 129 cm³/mol. The van der Waals surface area contributed by atoms with E-state index in [-0.39, 0.29) is 37.8 Å². The Bertz CT molecular complexity index is 1220. The number of nitrogens with zero attached hydrogens (tertiary/aromatic N) is 2. The minimum absolute atomic E-state index is 0.0304. The van der Waals surface area contributed by atoms with Crippen LogP contribution in [0.25, 0.3) is 0 Å². The average Bonchev–Trinajstić information content (AvgIpc) is 2.83. The minimum atomic E-state index is -0.772. The molecule has 10 heteroatoms. The predicted octanol–water partition coefficient (Wildman–Crippen LogP) is 1.62. The van der Waals surface area contributed by atoms with Gasteiger partial charge in [0, 0.05) is 13.7 Å². The van der Waals surface area contributed by atoms with Crippen LogP contribution in [0.3, 0.4) is 0 Å². The summed E-state index contributed by atoms with van der Waals surface area (Å²) in [5, 5.41) is 0. The van der Waals surface area contributed by atoms with Gasteiger partial charge >= 0.3 is 5.69 Å². The molecular formula is C24H28N4O6. The Balaban J connectivity index is 1.92. The molecule has 2 aromatic carbocycles. The summed E-state index contributed by atoms with van der Waals surface area (Å²) in [4.78, 5) is 41.8. The van der Waals surface area contributed by atoms with Crippen LogP contribution >= 0.6 is 0 Å². The molecule has 0 saturated heterocycles. The number of para-hydroxylation sites is 2. The third-order valence-corrected chi connectivity index (χ3v) is 4.99. The third-order valence-electron chi connectivity index (χ3n) is 4.99. The molecule has 10 nitrogen and oxygen atoms in total. The zero-order chi connectivity index (χ0) is 24.5. The van der Waals surface area contributed by atoms with E-state index < -0.39 is 17.2 Å². The van der Waals surface area contributed by atoms with Gasteiger partial charge in [0.05, 0.1) is 19.8 Å². The zero-order valence-electron chi connectivity index (χ0n) is 19.2. The average molecular weight is 469 g/mol. The van der Waals surface area contributed by atoms with Crippen LogP contribution in [0.2, 0.25) is 0 Å². The van der Waals surface area contributed by atoms with Crippen molar-refractivity contribution in [3.63, 3.8) is 0 Å². The molecule has 1 aromatic heterocycles. The standard InChI is InChI=1S/C24H28N4O6/c1-3-33-18-11-7-8-12-19(18)34-16-20(29)27(13-14-32-2)21-22(25)28(24(31)26-23(21)30)15-17-9-5-4-6-10-17/h4-12H,3,13-16,25H2,1-2H3,(H,26,30,31). The number of aromatic nitrogens is 2. The molecular weight excluding hydrogens is 440 g/mol. The van der Waals surface area contributed by atoms with Crippen LogP contribution in [0.4, 0.5) is 11.5 Å². The first kappa shape index (κ1) is 24.6. The highest BCUT2D eigenvalue weighted by molar-refractivity contribution is 5.96. The highest BCUT2D eigenvalue weighted by Gasteiger charge is 2.25. The van der Waals surface area contributed by atoms with Crippen molar-refractivity contribution in [2.24, 2.45) is 0 Å². The Kier molecular flexibility index (Phi) is 8.47. The van der Waals surface area contributed by atoms with Gasteiger partial charge in [-0.05, 0) is 24.6 Å². The maximum atomic E-state index is 13.2. The fraction of sp³-hybridized carbons (Fsp3) is 0.292. The highest BCUT2D eigenvalue weighted by Crippen LogP contribution is 2.26. The lowest BCUT2D eigenvalue weighted by molar-refractivity contribution is -0.120. The van der Waals surface area contributed by atoms with Crippen LogP contribution in [-0.2, 0) is 16.1 Å². The molecule has 0 fully saturated rings. The van der Waals surface area contributed by atoms with Gasteiger partial charge in [-0.3, -0.25) is 24.0 Å². The number of hydrogen-bond donors (Lipinski definition) is 2. The topological polar surface area (TPSA) is 129 Å². The van der Waals surface area contributed by atoms with Crippen molar-refractivity contribution in [3.05, 3.63) is 81.0 Å². The van der Waals surface area contributed by atoms with Crippen molar-refractivity contribution in [2.75, 3.05) is 44.1 Å². The highest BCUT2D eigenvalue weighted by atomic mass is 16.5. The van der Waals surface area contributed by atoms with E-state index in [0.717, 1.165) is 5.56 Å². The molecule has 1 amide bonds. The molecule has 1 heterocycles. The number of benzene rings is 2. The van der Waals surface area contributed by atoms with Gasteiger partial charge < -0.3 is 19.9 Å². The van der Waals surface area contributed by atoms with Gasteiger partial charge in [0.2, 0.25) is 0 Å². The number of hydrogen-bond acceptors (Lipinski definition) is 7. The molecule has 0 radical (unpaired) electrons. The lowest BCUT2D eigenvalue weighted by Crippen LogP contribution is -2.44. The second-order valence-electron chi connectivity index (χ2n) is 7.27. The van der Waals surface area contributed by atoms with E-state index in [9.17, 15) is 14.4 Å². The van der Waals surface area contributed by atoms with Crippen LogP contribution in [0.15, 0.2) is 64.2 Å². The molecule has 3 rings (SSSR count). The quantitative estimate of drug-likeness (QED) is 0.438. The van der Waals surface area contributed by atoms with Crippen LogP contribution in [-0.4, -0.2) is 48.9 Å². The number of carbonyl (C=O) groups excluding carboxylic acids is 1. The fourth-order valence-corrected chi connectivity index (χ4v) is 3.37. The number of amides is 1. The van der Waals surface area contributed by atoms with Crippen LogP contribution in [0, 0.1) is 0 Å². The van der Waals surface area contributed by atoms with E-state index in [4.69, 9.17) is 19.9 Å². The van der Waals surface area contributed by atoms with Crippen molar-refractivity contribution < 1.29 is 19.0 Å². The number of ether oxygens (including phenoxy) is 3. The van der Waals surface area contributed by atoms with Crippen molar-refractivity contribution in [3.8, 4) is 11.5 Å². The second kappa shape index (κ2) is 11.7. The summed E-state index contributed by atoms with van der Waals surface area (Å²) in [6, 6.07) is 16.1. The number of nitrogens with two attached hydrogens (primary N) is 1. The van der Waals surface area contributed by atoms with E-state index in [2.05, 4.69) is 4.98 Å². The van der Waals surface area contributed by atoms with E-state index in [1.165, 1.54) is 16.6 Å². The summed E-state index contributed by atoms with van der Waals surface area (Å²) in [6.45, 7) is 2.18. The van der Waals surface area contributed by atoms with E-state index >= 15 is 0 Å². The molecule has 0 aliphatic rings. The van der Waals surface area contributed by atoms with Gasteiger partial charge in [-0.2, -0.15) is 0 Å². The van der Waals surface area contributed by atoms with Crippen molar-refractivity contribution in [1.29, 1.82) is 0 Å². The maximum Gasteiger partial charge on any atom is 0.330 e. The van der Waals surface area contributed by atoms with Crippen molar-refractivity contribution >= 4 is 17.4 Å². The summed E-state index contributed by atoms with van der Waals surface area (Å²) in [6.07, 6.45) is 0. The van der Waals surface area contributed by atoms with E-state index in [1.54, 1.807) is 24.3 Å². The first-order valence-electron chi connectivity index (χ1n) is 10.8. The smallest absolute Gasteiger partial charge is 0.330 e. The third kappa shape index (κ3) is 5.84. The van der Waals surface area contributed by atoms with Crippen LogP contribution in [0.1, 0.15) is 12.5 Å². The zero-order valence-corrected chi connectivity index (χ0v) is 19.2. The molecule has 0 unspecified atom stereocenters. The lowest BCUT2D eigenvalue weighted by Gasteiger charge is -2.24. The Morgan fingerprint density at radius 2 is 1.68 bits per heavy atom.